The first-order valence-electron chi connectivity index (χ1n) is 6.63. The maximum Gasteiger partial charge on any atom is 0.139 e. The fourth-order valence-electron chi connectivity index (χ4n) is 2.15. The summed E-state index contributed by atoms with van der Waals surface area (Å²) in [5.41, 5.74) is 1.74. The van der Waals surface area contributed by atoms with Gasteiger partial charge in [0.05, 0.1) is 18.2 Å². The molecule has 5 heteroatoms. The quantitative estimate of drug-likeness (QED) is 0.742. The summed E-state index contributed by atoms with van der Waals surface area (Å²) in [5, 5.41) is 14.0. The Morgan fingerprint density at radius 1 is 1.29 bits per heavy atom. The van der Waals surface area contributed by atoms with Crippen LogP contribution in [0.2, 0.25) is 5.02 Å². The van der Waals surface area contributed by atoms with Gasteiger partial charge in [-0.2, -0.15) is 0 Å². The van der Waals surface area contributed by atoms with E-state index in [0.29, 0.717) is 10.8 Å². The van der Waals surface area contributed by atoms with Gasteiger partial charge in [0.15, 0.2) is 0 Å². The van der Waals surface area contributed by atoms with Crippen molar-refractivity contribution in [1.82, 2.24) is 0 Å². The number of aromatic hydroxyl groups is 1. The Labute approximate surface area is 138 Å². The predicted octanol–water partition coefficient (Wildman–Crippen LogP) is 5.38. The average molecular weight is 371 g/mol. The van der Waals surface area contributed by atoms with Gasteiger partial charge >= 0.3 is 0 Å². The number of hydrogen-bond acceptors (Lipinski definition) is 3. The number of hydrogen-bond donors (Lipinski definition) is 2. The van der Waals surface area contributed by atoms with Gasteiger partial charge in [0, 0.05) is 21.8 Å². The zero-order valence-corrected chi connectivity index (χ0v) is 14.2. The predicted molar refractivity (Wildman–Crippen MR) is 90.5 cm³/mol. The topological polar surface area (TPSA) is 41.5 Å². The molecule has 1 atom stereocenters. The summed E-state index contributed by atoms with van der Waals surface area (Å²) in [7, 11) is 1.59. The summed E-state index contributed by atoms with van der Waals surface area (Å²) in [5.74, 6) is 0.897. The number of phenolic OH excluding ortho intramolecular Hbond substituents is 1. The lowest BCUT2D eigenvalue weighted by Gasteiger charge is -2.20. The van der Waals surface area contributed by atoms with E-state index in [1.54, 1.807) is 19.2 Å². The van der Waals surface area contributed by atoms with Crippen LogP contribution in [-0.2, 0) is 0 Å². The summed E-state index contributed by atoms with van der Waals surface area (Å²) in [6, 6.07) is 10.9. The Bertz CT molecular complexity index is 634. The molecule has 2 aromatic rings. The average Bonchev–Trinajstić information content (AvgIpc) is 2.49. The lowest BCUT2D eigenvalue weighted by atomic mass is 10.0. The SMILES string of the molecule is CCC(Nc1ccc(Cl)c(OC)c1)c1cc(Br)ccc1O. The minimum Gasteiger partial charge on any atom is -0.508 e. The van der Waals surface area contributed by atoms with Crippen molar-refractivity contribution in [3.05, 3.63) is 51.5 Å². The molecule has 21 heavy (non-hydrogen) atoms. The molecule has 3 nitrogen and oxygen atoms in total. The van der Waals surface area contributed by atoms with Crippen LogP contribution >= 0.6 is 27.5 Å². The van der Waals surface area contributed by atoms with Crippen molar-refractivity contribution >= 4 is 33.2 Å². The normalized spacial score (nSPS) is 12.0. The van der Waals surface area contributed by atoms with E-state index in [4.69, 9.17) is 16.3 Å². The number of halogens is 2. The number of anilines is 1. The van der Waals surface area contributed by atoms with Crippen LogP contribution < -0.4 is 10.1 Å². The van der Waals surface area contributed by atoms with Gasteiger partial charge in [0.1, 0.15) is 11.5 Å². The van der Waals surface area contributed by atoms with Crippen molar-refractivity contribution in [3.63, 3.8) is 0 Å². The van der Waals surface area contributed by atoms with Gasteiger partial charge in [-0.25, -0.2) is 0 Å². The molecular weight excluding hydrogens is 354 g/mol. The molecule has 0 saturated carbocycles. The minimum absolute atomic E-state index is 0.00613. The molecule has 2 rings (SSSR count). The number of rotatable bonds is 5. The molecule has 1 unspecified atom stereocenters. The lowest BCUT2D eigenvalue weighted by molar-refractivity contribution is 0.415. The van der Waals surface area contributed by atoms with Crippen molar-refractivity contribution in [1.29, 1.82) is 0 Å². The zero-order chi connectivity index (χ0) is 15.4. The van der Waals surface area contributed by atoms with Crippen LogP contribution in [0.15, 0.2) is 40.9 Å². The number of benzene rings is 2. The second-order valence-corrected chi connectivity index (χ2v) is 5.98. The molecular formula is C16H17BrClNO2. The largest absolute Gasteiger partial charge is 0.508 e. The highest BCUT2D eigenvalue weighted by Crippen LogP contribution is 2.34. The highest BCUT2D eigenvalue weighted by molar-refractivity contribution is 9.10. The Kier molecular flexibility index (Phi) is 5.37. The van der Waals surface area contributed by atoms with Gasteiger partial charge in [-0.15, -0.1) is 0 Å². The summed E-state index contributed by atoms with van der Waals surface area (Å²) in [6.07, 6.45) is 0.828. The first-order valence-corrected chi connectivity index (χ1v) is 7.80. The maximum absolute atomic E-state index is 10.1. The molecule has 0 aromatic heterocycles. The molecule has 0 aliphatic heterocycles. The third-order valence-electron chi connectivity index (χ3n) is 3.27. The van der Waals surface area contributed by atoms with Gasteiger partial charge in [-0.05, 0) is 36.8 Å². The van der Waals surface area contributed by atoms with E-state index in [0.717, 1.165) is 22.1 Å². The van der Waals surface area contributed by atoms with E-state index in [1.807, 2.05) is 24.3 Å². The van der Waals surface area contributed by atoms with Crippen LogP contribution in [0.3, 0.4) is 0 Å². The maximum atomic E-state index is 10.1. The second kappa shape index (κ2) is 7.05. The molecule has 0 radical (unpaired) electrons. The molecule has 0 bridgehead atoms. The van der Waals surface area contributed by atoms with Gasteiger partial charge in [0.25, 0.3) is 0 Å². The summed E-state index contributed by atoms with van der Waals surface area (Å²) in [4.78, 5) is 0. The van der Waals surface area contributed by atoms with Gasteiger partial charge < -0.3 is 15.2 Å². The summed E-state index contributed by atoms with van der Waals surface area (Å²) < 4.78 is 6.16. The first kappa shape index (κ1) is 16.0. The van der Waals surface area contributed by atoms with Crippen LogP contribution in [0.5, 0.6) is 11.5 Å². The molecule has 0 fully saturated rings. The van der Waals surface area contributed by atoms with E-state index >= 15 is 0 Å². The van der Waals surface area contributed by atoms with E-state index in [-0.39, 0.29) is 11.8 Å². The second-order valence-electron chi connectivity index (χ2n) is 4.66. The van der Waals surface area contributed by atoms with E-state index in [1.165, 1.54) is 0 Å². The van der Waals surface area contributed by atoms with Crippen LogP contribution in [0, 0.1) is 0 Å². The Hall–Kier alpha value is -1.39. The molecule has 0 heterocycles. The van der Waals surface area contributed by atoms with Crippen molar-refractivity contribution in [3.8, 4) is 11.5 Å². The molecule has 2 aromatic carbocycles. The zero-order valence-electron chi connectivity index (χ0n) is 11.9. The van der Waals surface area contributed by atoms with Crippen LogP contribution in [-0.4, -0.2) is 12.2 Å². The number of ether oxygens (including phenoxy) is 1. The number of nitrogens with one attached hydrogen (secondary N) is 1. The van der Waals surface area contributed by atoms with Gasteiger partial charge in [-0.1, -0.05) is 34.5 Å². The smallest absolute Gasteiger partial charge is 0.139 e. The molecule has 112 valence electrons. The molecule has 2 N–H and O–H groups in total. The highest BCUT2D eigenvalue weighted by Gasteiger charge is 2.14. The van der Waals surface area contributed by atoms with E-state index < -0.39 is 0 Å². The van der Waals surface area contributed by atoms with Gasteiger partial charge in [-0.3, -0.25) is 0 Å². The van der Waals surface area contributed by atoms with Crippen LogP contribution in [0.25, 0.3) is 0 Å². The van der Waals surface area contributed by atoms with Crippen LogP contribution in [0.1, 0.15) is 24.9 Å². The molecule has 0 amide bonds. The first-order chi connectivity index (χ1) is 10.0. The summed E-state index contributed by atoms with van der Waals surface area (Å²) >= 11 is 9.47. The summed E-state index contributed by atoms with van der Waals surface area (Å²) in [6.45, 7) is 2.06. The Morgan fingerprint density at radius 2 is 2.05 bits per heavy atom. The van der Waals surface area contributed by atoms with E-state index in [9.17, 15) is 5.11 Å². The minimum atomic E-state index is -0.00613. The van der Waals surface area contributed by atoms with Crippen molar-refractivity contribution in [2.24, 2.45) is 0 Å². The molecule has 0 spiro atoms. The van der Waals surface area contributed by atoms with Crippen molar-refractivity contribution < 1.29 is 9.84 Å². The fraction of sp³-hybridized carbons (Fsp3) is 0.250. The Morgan fingerprint density at radius 3 is 2.71 bits per heavy atom. The third-order valence-corrected chi connectivity index (χ3v) is 4.07. The van der Waals surface area contributed by atoms with Gasteiger partial charge in [0.2, 0.25) is 0 Å². The van der Waals surface area contributed by atoms with Crippen molar-refractivity contribution in [2.45, 2.75) is 19.4 Å². The third kappa shape index (κ3) is 3.83. The van der Waals surface area contributed by atoms with Crippen LogP contribution in [0.4, 0.5) is 5.69 Å². The molecule has 0 aliphatic rings. The molecule has 0 aliphatic carbocycles. The highest BCUT2D eigenvalue weighted by atomic mass is 79.9. The standard InChI is InChI=1S/C16H17BrClNO2/c1-3-14(12-8-10(17)4-7-15(12)20)19-11-5-6-13(18)16(9-11)21-2/h4-9,14,19-20H,3H2,1-2H3. The number of methoxy groups -OCH3 is 1. The van der Waals surface area contributed by atoms with E-state index in [2.05, 4.69) is 28.2 Å². The van der Waals surface area contributed by atoms with Crippen molar-refractivity contribution in [2.75, 3.05) is 12.4 Å². The molecule has 0 saturated heterocycles. The monoisotopic (exact) mass is 369 g/mol. The number of phenols is 1. The Balaban J connectivity index is 2.29. The fourth-order valence-corrected chi connectivity index (χ4v) is 2.73. The lowest BCUT2D eigenvalue weighted by Crippen LogP contribution is -2.10.